The van der Waals surface area contributed by atoms with E-state index in [0.717, 1.165) is 5.56 Å². The Morgan fingerprint density at radius 3 is 2.25 bits per heavy atom. The van der Waals surface area contributed by atoms with Crippen molar-refractivity contribution in [1.29, 1.82) is 0 Å². The molecule has 0 unspecified atom stereocenters. The Morgan fingerprint density at radius 1 is 1.00 bits per heavy atom. The Labute approximate surface area is 136 Å². The number of carbonyl (C=O) groups excluding carboxylic acids is 1. The van der Waals surface area contributed by atoms with Crippen LogP contribution in [0.1, 0.15) is 21.5 Å². The van der Waals surface area contributed by atoms with E-state index in [1.54, 1.807) is 18.2 Å². The number of ketones is 1. The summed E-state index contributed by atoms with van der Waals surface area (Å²) in [5, 5.41) is 0.507. The predicted molar refractivity (Wildman–Crippen MR) is 85.5 cm³/mol. The Balaban J connectivity index is 2.59. The van der Waals surface area contributed by atoms with Crippen molar-refractivity contribution in [2.75, 3.05) is 5.73 Å². The summed E-state index contributed by atoms with van der Waals surface area (Å²) in [5.41, 5.74) is 7.69. The lowest BCUT2D eigenvalue weighted by atomic mass is 10.0. The Kier molecular flexibility index (Phi) is 4.50. The van der Waals surface area contributed by atoms with E-state index in [2.05, 4.69) is 0 Å². The van der Waals surface area contributed by atoms with E-state index in [1.165, 1.54) is 6.07 Å². The highest BCUT2D eigenvalue weighted by atomic mass is 35.5. The maximum atomic E-state index is 12.5. The molecular weight excluding hydrogens is 340 g/mol. The molecule has 2 aromatic carbocycles. The van der Waals surface area contributed by atoms with Crippen molar-refractivity contribution < 1.29 is 4.79 Å². The highest BCUT2D eigenvalue weighted by Crippen LogP contribution is 2.38. The summed E-state index contributed by atoms with van der Waals surface area (Å²) in [5.74, 6) is -0.332. The SMILES string of the molecule is Cc1cc(C(=O)c2c(Cl)cc(Cl)c(Cl)c2Cl)ccc1N. The minimum atomic E-state index is -0.332. The van der Waals surface area contributed by atoms with Gasteiger partial charge >= 0.3 is 0 Å². The van der Waals surface area contributed by atoms with Crippen LogP contribution in [-0.4, -0.2) is 5.78 Å². The number of hydrogen-bond acceptors (Lipinski definition) is 2. The highest BCUT2D eigenvalue weighted by molar-refractivity contribution is 6.51. The third-order valence-electron chi connectivity index (χ3n) is 2.87. The zero-order chi connectivity index (χ0) is 15.0. The average Bonchev–Trinajstić information content (AvgIpc) is 2.39. The summed E-state index contributed by atoms with van der Waals surface area (Å²) in [6.45, 7) is 1.81. The fourth-order valence-electron chi connectivity index (χ4n) is 1.74. The van der Waals surface area contributed by atoms with Crippen molar-refractivity contribution >= 4 is 57.9 Å². The zero-order valence-corrected chi connectivity index (χ0v) is 13.3. The van der Waals surface area contributed by atoms with Gasteiger partial charge in [0.25, 0.3) is 0 Å². The normalized spacial score (nSPS) is 10.7. The number of hydrogen-bond donors (Lipinski definition) is 1. The summed E-state index contributed by atoms with van der Waals surface area (Å²) < 4.78 is 0. The van der Waals surface area contributed by atoms with E-state index < -0.39 is 0 Å². The molecule has 0 heterocycles. The molecule has 104 valence electrons. The quantitative estimate of drug-likeness (QED) is 0.340. The molecule has 2 nitrogen and oxygen atoms in total. The number of carbonyl (C=O) groups is 1. The fraction of sp³-hybridized carbons (Fsp3) is 0.0714. The van der Waals surface area contributed by atoms with Crippen LogP contribution < -0.4 is 5.73 Å². The van der Waals surface area contributed by atoms with Crippen molar-refractivity contribution in [1.82, 2.24) is 0 Å². The van der Waals surface area contributed by atoms with E-state index in [1.807, 2.05) is 6.92 Å². The number of anilines is 1. The van der Waals surface area contributed by atoms with E-state index in [4.69, 9.17) is 52.1 Å². The topological polar surface area (TPSA) is 43.1 Å². The third-order valence-corrected chi connectivity index (χ3v) is 4.43. The van der Waals surface area contributed by atoms with Crippen molar-refractivity contribution in [3.8, 4) is 0 Å². The molecule has 0 saturated heterocycles. The molecule has 0 atom stereocenters. The molecule has 0 aromatic heterocycles. The van der Waals surface area contributed by atoms with E-state index in [9.17, 15) is 4.79 Å². The summed E-state index contributed by atoms with van der Waals surface area (Å²) in [6.07, 6.45) is 0. The molecule has 0 radical (unpaired) electrons. The monoisotopic (exact) mass is 347 g/mol. The molecule has 0 spiro atoms. The van der Waals surface area contributed by atoms with Gasteiger partial charge in [0, 0.05) is 11.3 Å². The van der Waals surface area contributed by atoms with Gasteiger partial charge in [-0.2, -0.15) is 0 Å². The van der Waals surface area contributed by atoms with Crippen LogP contribution in [0.3, 0.4) is 0 Å². The lowest BCUT2D eigenvalue weighted by Crippen LogP contribution is -2.05. The Hall–Kier alpha value is -0.930. The molecule has 0 fully saturated rings. The predicted octanol–water partition coefficient (Wildman–Crippen LogP) is 5.42. The van der Waals surface area contributed by atoms with Gasteiger partial charge in [-0.15, -0.1) is 0 Å². The van der Waals surface area contributed by atoms with E-state index >= 15 is 0 Å². The molecule has 0 aliphatic heterocycles. The standard InChI is InChI=1S/C14H9Cl4NO/c1-6-4-7(2-3-10(6)19)14(20)11-8(15)5-9(16)12(17)13(11)18/h2-5H,19H2,1H3. The smallest absolute Gasteiger partial charge is 0.196 e. The summed E-state index contributed by atoms with van der Waals surface area (Å²) in [7, 11) is 0. The second-order valence-electron chi connectivity index (χ2n) is 4.24. The molecule has 0 saturated carbocycles. The summed E-state index contributed by atoms with van der Waals surface area (Å²) in [6, 6.07) is 6.34. The van der Waals surface area contributed by atoms with Crippen molar-refractivity contribution in [3.05, 3.63) is 61.0 Å². The van der Waals surface area contributed by atoms with Crippen LogP contribution in [0.15, 0.2) is 24.3 Å². The van der Waals surface area contributed by atoms with Gasteiger partial charge in [-0.05, 0) is 36.8 Å². The highest BCUT2D eigenvalue weighted by Gasteiger charge is 2.21. The fourth-order valence-corrected chi connectivity index (χ4v) is 2.82. The summed E-state index contributed by atoms with van der Waals surface area (Å²) >= 11 is 23.9. The van der Waals surface area contributed by atoms with Crippen molar-refractivity contribution in [2.45, 2.75) is 6.92 Å². The molecule has 6 heteroatoms. The first-order chi connectivity index (χ1) is 9.32. The van der Waals surface area contributed by atoms with Gasteiger partial charge in [0.15, 0.2) is 5.78 Å². The lowest BCUT2D eigenvalue weighted by Gasteiger charge is -2.10. The van der Waals surface area contributed by atoms with Gasteiger partial charge in [0.1, 0.15) is 0 Å². The van der Waals surface area contributed by atoms with Gasteiger partial charge in [0.2, 0.25) is 0 Å². The number of benzene rings is 2. The number of nitrogens with two attached hydrogens (primary N) is 1. The number of aryl methyl sites for hydroxylation is 1. The van der Waals surface area contributed by atoms with Crippen LogP contribution in [0.5, 0.6) is 0 Å². The van der Waals surface area contributed by atoms with Crippen LogP contribution >= 0.6 is 46.4 Å². The molecule has 2 rings (SSSR count). The van der Waals surface area contributed by atoms with E-state index in [-0.39, 0.29) is 31.4 Å². The molecule has 0 aliphatic rings. The zero-order valence-electron chi connectivity index (χ0n) is 10.3. The minimum Gasteiger partial charge on any atom is -0.399 e. The van der Waals surface area contributed by atoms with Crippen LogP contribution in [0.4, 0.5) is 5.69 Å². The Bertz CT molecular complexity index is 713. The molecular formula is C14H9Cl4NO. The molecule has 20 heavy (non-hydrogen) atoms. The number of nitrogen functional groups attached to an aromatic ring is 1. The number of rotatable bonds is 2. The molecule has 0 aliphatic carbocycles. The maximum Gasteiger partial charge on any atom is 0.196 e. The lowest BCUT2D eigenvalue weighted by molar-refractivity contribution is 0.103. The minimum absolute atomic E-state index is 0.0450. The van der Waals surface area contributed by atoms with Crippen molar-refractivity contribution in [3.63, 3.8) is 0 Å². The van der Waals surface area contributed by atoms with Crippen molar-refractivity contribution in [2.24, 2.45) is 0 Å². The van der Waals surface area contributed by atoms with Gasteiger partial charge in [-0.3, -0.25) is 4.79 Å². The largest absolute Gasteiger partial charge is 0.399 e. The number of halogens is 4. The van der Waals surface area contributed by atoms with Gasteiger partial charge in [-0.25, -0.2) is 0 Å². The van der Waals surface area contributed by atoms with Crippen LogP contribution in [0.25, 0.3) is 0 Å². The molecule has 0 amide bonds. The summed E-state index contributed by atoms with van der Waals surface area (Å²) in [4.78, 5) is 12.5. The molecule has 2 aromatic rings. The van der Waals surface area contributed by atoms with Crippen LogP contribution in [0.2, 0.25) is 20.1 Å². The molecule has 2 N–H and O–H groups in total. The molecule has 0 bridgehead atoms. The van der Waals surface area contributed by atoms with Gasteiger partial charge in [0.05, 0.1) is 25.7 Å². The van der Waals surface area contributed by atoms with E-state index in [0.29, 0.717) is 11.3 Å². The first-order valence-electron chi connectivity index (χ1n) is 5.56. The van der Waals surface area contributed by atoms with Gasteiger partial charge in [-0.1, -0.05) is 46.4 Å². The second-order valence-corrected chi connectivity index (χ2v) is 5.81. The maximum absolute atomic E-state index is 12.5. The van der Waals surface area contributed by atoms with Crippen LogP contribution in [-0.2, 0) is 0 Å². The van der Waals surface area contributed by atoms with Crippen LogP contribution in [0, 0.1) is 6.92 Å². The third kappa shape index (κ3) is 2.75. The van der Waals surface area contributed by atoms with Gasteiger partial charge < -0.3 is 5.73 Å². The second kappa shape index (κ2) is 5.82. The Morgan fingerprint density at radius 2 is 1.65 bits per heavy atom. The first-order valence-corrected chi connectivity index (χ1v) is 7.08. The first kappa shape index (κ1) is 15.5. The average molecular weight is 349 g/mol.